The van der Waals surface area contributed by atoms with E-state index in [-0.39, 0.29) is 22.8 Å². The van der Waals surface area contributed by atoms with Crippen LogP contribution in [0.25, 0.3) is 0 Å². The fourth-order valence-electron chi connectivity index (χ4n) is 3.75. The van der Waals surface area contributed by atoms with Crippen LogP contribution in [0.3, 0.4) is 0 Å². The number of nitrogens with zero attached hydrogens (tertiary/aromatic N) is 1. The van der Waals surface area contributed by atoms with Gasteiger partial charge in [0, 0.05) is 0 Å². The zero-order valence-corrected chi connectivity index (χ0v) is 14.3. The second-order valence-electron chi connectivity index (χ2n) is 6.51. The minimum Gasteiger partial charge on any atom is -0.310 e. The van der Waals surface area contributed by atoms with Crippen molar-refractivity contribution in [2.75, 3.05) is 11.1 Å². The highest BCUT2D eigenvalue weighted by molar-refractivity contribution is 8.00. The summed E-state index contributed by atoms with van der Waals surface area (Å²) in [5, 5.41) is 5.87. The topological polar surface area (TPSA) is 66.9 Å². The van der Waals surface area contributed by atoms with E-state index >= 15 is 0 Å². The van der Waals surface area contributed by atoms with E-state index in [9.17, 15) is 9.59 Å². The van der Waals surface area contributed by atoms with Crippen molar-refractivity contribution < 1.29 is 4.79 Å². The summed E-state index contributed by atoms with van der Waals surface area (Å²) >= 11 is 1.52. The Balaban J connectivity index is 1.82. The molecule has 5 nitrogen and oxygen atoms in total. The van der Waals surface area contributed by atoms with Gasteiger partial charge in [-0.3, -0.25) is 19.4 Å². The summed E-state index contributed by atoms with van der Waals surface area (Å²) in [5.74, 6) is 0.997. The molecule has 0 saturated heterocycles. The molecule has 1 aromatic carbocycles. The number of aromatic amines is 1. The number of anilines is 1. The number of benzene rings is 1. The molecule has 126 valence electrons. The molecule has 1 aliphatic carbocycles. The van der Waals surface area contributed by atoms with E-state index in [4.69, 9.17) is 0 Å². The predicted molar refractivity (Wildman–Crippen MR) is 96.5 cm³/mol. The molecule has 1 amide bonds. The number of hydrogen-bond donors (Lipinski definition) is 2. The van der Waals surface area contributed by atoms with Gasteiger partial charge < -0.3 is 5.32 Å². The fourth-order valence-corrected chi connectivity index (χ4v) is 4.87. The molecule has 6 heteroatoms. The standard InChI is InChI=1S/C18H21N3O2S/c22-14-11-24-16(12-7-3-1-4-8-12)15-17(19-14)21(20-18(15)23)13-9-5-2-6-10-13/h1,3-4,7-8,13,16H,2,5-6,9-11H2,(H,19,22)(H,20,23)/t16-/m1/s1. The fraction of sp³-hybridized carbons (Fsp3) is 0.444. The molecule has 2 aliphatic rings. The van der Waals surface area contributed by atoms with E-state index in [1.54, 1.807) is 0 Å². The van der Waals surface area contributed by atoms with Crippen LogP contribution < -0.4 is 10.9 Å². The van der Waals surface area contributed by atoms with Crippen LogP contribution in [0.2, 0.25) is 0 Å². The highest BCUT2D eigenvalue weighted by atomic mass is 32.2. The summed E-state index contributed by atoms with van der Waals surface area (Å²) in [6.45, 7) is 0. The lowest BCUT2D eigenvalue weighted by Crippen LogP contribution is -2.21. The number of aromatic nitrogens is 2. The van der Waals surface area contributed by atoms with Crippen molar-refractivity contribution >= 4 is 23.5 Å². The molecule has 2 heterocycles. The van der Waals surface area contributed by atoms with Crippen molar-refractivity contribution in [3.05, 3.63) is 51.8 Å². The highest BCUT2D eigenvalue weighted by Crippen LogP contribution is 2.41. The number of rotatable bonds is 2. The van der Waals surface area contributed by atoms with Crippen molar-refractivity contribution in [2.24, 2.45) is 0 Å². The molecule has 0 radical (unpaired) electrons. The number of amides is 1. The van der Waals surface area contributed by atoms with Gasteiger partial charge in [-0.05, 0) is 18.4 Å². The number of fused-ring (bicyclic) bond motifs is 1. The molecule has 1 fully saturated rings. The Bertz CT molecular complexity index is 790. The Morgan fingerprint density at radius 2 is 1.79 bits per heavy atom. The van der Waals surface area contributed by atoms with E-state index < -0.39 is 0 Å². The van der Waals surface area contributed by atoms with E-state index in [2.05, 4.69) is 10.4 Å². The molecule has 24 heavy (non-hydrogen) atoms. The van der Waals surface area contributed by atoms with Crippen LogP contribution in [0.1, 0.15) is 54.5 Å². The predicted octanol–water partition coefficient (Wildman–Crippen LogP) is 3.46. The van der Waals surface area contributed by atoms with Crippen molar-refractivity contribution in [2.45, 2.75) is 43.4 Å². The summed E-state index contributed by atoms with van der Waals surface area (Å²) in [5.41, 5.74) is 1.66. The van der Waals surface area contributed by atoms with Crippen LogP contribution in [0.5, 0.6) is 0 Å². The molecule has 1 atom stereocenters. The van der Waals surface area contributed by atoms with Crippen LogP contribution in [0.4, 0.5) is 5.82 Å². The summed E-state index contributed by atoms with van der Waals surface area (Å²) in [6, 6.07) is 10.2. The maximum Gasteiger partial charge on any atom is 0.270 e. The lowest BCUT2D eigenvalue weighted by Gasteiger charge is -2.24. The highest BCUT2D eigenvalue weighted by Gasteiger charge is 2.32. The molecule has 0 spiro atoms. The first-order valence-corrected chi connectivity index (χ1v) is 9.59. The Kier molecular flexibility index (Phi) is 4.22. The van der Waals surface area contributed by atoms with Gasteiger partial charge in [0.15, 0.2) is 0 Å². The molecule has 2 aromatic rings. The van der Waals surface area contributed by atoms with Gasteiger partial charge in [-0.15, -0.1) is 11.8 Å². The number of carbonyl (C=O) groups is 1. The van der Waals surface area contributed by atoms with Gasteiger partial charge in [-0.1, -0.05) is 49.6 Å². The zero-order chi connectivity index (χ0) is 16.5. The van der Waals surface area contributed by atoms with E-state index in [0.29, 0.717) is 17.1 Å². The van der Waals surface area contributed by atoms with Gasteiger partial charge in [-0.25, -0.2) is 0 Å². The first-order chi connectivity index (χ1) is 11.7. The van der Waals surface area contributed by atoms with Crippen molar-refractivity contribution in [1.29, 1.82) is 0 Å². The molecule has 1 aromatic heterocycles. The summed E-state index contributed by atoms with van der Waals surface area (Å²) in [6.07, 6.45) is 5.69. The average Bonchev–Trinajstić information content (AvgIpc) is 2.83. The number of nitrogens with one attached hydrogen (secondary N) is 2. The van der Waals surface area contributed by atoms with Crippen LogP contribution >= 0.6 is 11.8 Å². The second-order valence-corrected chi connectivity index (χ2v) is 7.61. The third-order valence-corrected chi connectivity index (χ3v) is 6.18. The largest absolute Gasteiger partial charge is 0.310 e. The Labute approximate surface area is 144 Å². The Morgan fingerprint density at radius 1 is 1.04 bits per heavy atom. The average molecular weight is 343 g/mol. The molecule has 2 N–H and O–H groups in total. The zero-order valence-electron chi connectivity index (χ0n) is 13.5. The minimum atomic E-state index is -0.117. The van der Waals surface area contributed by atoms with Gasteiger partial charge in [0.2, 0.25) is 5.91 Å². The van der Waals surface area contributed by atoms with E-state index in [1.165, 1.54) is 31.0 Å². The molecule has 0 unspecified atom stereocenters. The number of H-pyrrole nitrogens is 1. The van der Waals surface area contributed by atoms with Crippen LogP contribution in [-0.4, -0.2) is 21.4 Å². The molecular weight excluding hydrogens is 322 g/mol. The number of thioether (sulfide) groups is 1. The normalized spacial score (nSPS) is 21.8. The van der Waals surface area contributed by atoms with Gasteiger partial charge in [0.25, 0.3) is 5.56 Å². The summed E-state index contributed by atoms with van der Waals surface area (Å²) < 4.78 is 1.93. The first kappa shape index (κ1) is 15.6. The molecule has 0 bridgehead atoms. The van der Waals surface area contributed by atoms with Gasteiger partial charge in [0.05, 0.1) is 22.6 Å². The van der Waals surface area contributed by atoms with E-state index in [0.717, 1.165) is 18.4 Å². The molecule has 1 saturated carbocycles. The van der Waals surface area contributed by atoms with Crippen LogP contribution in [-0.2, 0) is 4.79 Å². The molecule has 4 rings (SSSR count). The second kappa shape index (κ2) is 6.51. The number of carbonyl (C=O) groups excluding carboxylic acids is 1. The maximum absolute atomic E-state index is 12.7. The summed E-state index contributed by atoms with van der Waals surface area (Å²) in [4.78, 5) is 24.9. The lowest BCUT2D eigenvalue weighted by molar-refractivity contribution is -0.113. The van der Waals surface area contributed by atoms with E-state index in [1.807, 2.05) is 35.0 Å². The Hall–Kier alpha value is -1.95. The monoisotopic (exact) mass is 343 g/mol. The van der Waals surface area contributed by atoms with Crippen molar-refractivity contribution in [1.82, 2.24) is 9.78 Å². The smallest absolute Gasteiger partial charge is 0.270 e. The van der Waals surface area contributed by atoms with Crippen molar-refractivity contribution in [3.63, 3.8) is 0 Å². The maximum atomic E-state index is 12.7. The summed E-state index contributed by atoms with van der Waals surface area (Å²) in [7, 11) is 0. The quantitative estimate of drug-likeness (QED) is 0.877. The Morgan fingerprint density at radius 3 is 2.54 bits per heavy atom. The lowest BCUT2D eigenvalue weighted by atomic mass is 9.95. The first-order valence-electron chi connectivity index (χ1n) is 8.55. The number of hydrogen-bond acceptors (Lipinski definition) is 3. The minimum absolute atomic E-state index is 0.0387. The van der Waals surface area contributed by atoms with Gasteiger partial charge >= 0.3 is 0 Å². The molecular formula is C18H21N3O2S. The van der Waals surface area contributed by atoms with Crippen LogP contribution in [0.15, 0.2) is 35.1 Å². The SMILES string of the molecule is O=C1CS[C@H](c2ccccc2)c2c(n(C3CCCCC3)[nH]c2=O)N1. The third-order valence-electron chi connectivity index (χ3n) is 4.91. The van der Waals surface area contributed by atoms with Gasteiger partial charge in [0.1, 0.15) is 5.82 Å². The van der Waals surface area contributed by atoms with Crippen LogP contribution in [0, 0.1) is 0 Å². The van der Waals surface area contributed by atoms with Crippen molar-refractivity contribution in [3.8, 4) is 0 Å². The molecule has 1 aliphatic heterocycles. The third kappa shape index (κ3) is 2.79. The van der Waals surface area contributed by atoms with Gasteiger partial charge in [-0.2, -0.15) is 0 Å².